The van der Waals surface area contributed by atoms with E-state index in [9.17, 15) is 13.2 Å². The van der Waals surface area contributed by atoms with Crippen molar-refractivity contribution in [2.75, 3.05) is 13.7 Å². The molecule has 6 nitrogen and oxygen atoms in total. The van der Waals surface area contributed by atoms with Crippen molar-refractivity contribution in [3.05, 3.63) is 12.7 Å². The fraction of sp³-hybridized carbons (Fsp3) is 0.571. The van der Waals surface area contributed by atoms with Crippen molar-refractivity contribution in [1.82, 2.24) is 5.32 Å². The minimum atomic E-state index is -3.93. The predicted octanol–water partition coefficient (Wildman–Crippen LogP) is -0.415. The lowest BCUT2D eigenvalue weighted by atomic mass is 10.3. The second kappa shape index (κ2) is 5.74. The molecular weight excluding hydrogens is 210 g/mol. The van der Waals surface area contributed by atoms with E-state index in [0.717, 1.165) is 13.2 Å². The van der Waals surface area contributed by atoms with Crippen molar-refractivity contribution in [2.24, 2.45) is 0 Å². The topological polar surface area (TPSA) is 81.7 Å². The molecule has 0 saturated heterocycles. The molecule has 0 saturated carbocycles. The van der Waals surface area contributed by atoms with E-state index in [1.54, 1.807) is 6.92 Å². The van der Waals surface area contributed by atoms with Gasteiger partial charge < -0.3 is 5.32 Å². The highest BCUT2D eigenvalue weighted by Crippen LogP contribution is 1.95. The van der Waals surface area contributed by atoms with Crippen LogP contribution in [0.2, 0.25) is 0 Å². The molecule has 0 aliphatic rings. The van der Waals surface area contributed by atoms with Gasteiger partial charge in [-0.1, -0.05) is 6.58 Å². The van der Waals surface area contributed by atoms with Crippen molar-refractivity contribution in [2.45, 2.75) is 13.0 Å². The summed E-state index contributed by atoms with van der Waals surface area (Å²) in [6.45, 7) is 4.65. The van der Waals surface area contributed by atoms with Gasteiger partial charge in [-0.05, 0) is 13.0 Å². The van der Waals surface area contributed by atoms with Gasteiger partial charge in [0.25, 0.3) is 0 Å². The molecule has 0 radical (unpaired) electrons. The van der Waals surface area contributed by atoms with Gasteiger partial charge in [0.05, 0.1) is 19.8 Å². The summed E-state index contributed by atoms with van der Waals surface area (Å²) in [5.41, 5.74) is 0. The largest absolute Gasteiger partial charge is 0.399 e. The Kier molecular flexibility index (Phi) is 5.36. The van der Waals surface area contributed by atoms with Crippen molar-refractivity contribution in [3.63, 3.8) is 0 Å². The van der Waals surface area contributed by atoms with E-state index >= 15 is 0 Å². The summed E-state index contributed by atoms with van der Waals surface area (Å²) < 4.78 is 29.8. The highest BCUT2D eigenvalue weighted by atomic mass is 32.3. The minimum absolute atomic E-state index is 0.185. The normalized spacial score (nSPS) is 13.3. The Hall–Kier alpha value is -0.920. The molecule has 0 bridgehead atoms. The third-order valence-corrected chi connectivity index (χ3v) is 2.07. The molecule has 1 atom stereocenters. The number of rotatable bonds is 6. The van der Waals surface area contributed by atoms with Crippen LogP contribution < -0.4 is 5.32 Å². The molecule has 0 aromatic heterocycles. The van der Waals surface area contributed by atoms with Crippen LogP contribution in [0.25, 0.3) is 0 Å². The Morgan fingerprint density at radius 2 is 2.21 bits per heavy atom. The van der Waals surface area contributed by atoms with E-state index < -0.39 is 22.3 Å². The molecule has 7 heteroatoms. The Bertz CT molecular complexity index is 297. The second-order valence-electron chi connectivity index (χ2n) is 2.47. The van der Waals surface area contributed by atoms with E-state index in [4.69, 9.17) is 0 Å². The average Bonchev–Trinajstić information content (AvgIpc) is 2.15. The molecule has 0 aromatic rings. The molecule has 82 valence electrons. The lowest BCUT2D eigenvalue weighted by Crippen LogP contribution is -2.35. The van der Waals surface area contributed by atoms with Gasteiger partial charge in [0.15, 0.2) is 0 Å². The first-order valence-corrected chi connectivity index (χ1v) is 5.12. The number of amides is 1. The SMILES string of the molecule is C=CC(=O)NC(C)COS(=O)(=O)OC. The quantitative estimate of drug-likeness (QED) is 0.619. The van der Waals surface area contributed by atoms with Gasteiger partial charge in [-0.25, -0.2) is 4.18 Å². The molecule has 1 N–H and O–H groups in total. The van der Waals surface area contributed by atoms with Crippen LogP contribution in [0, 0.1) is 0 Å². The van der Waals surface area contributed by atoms with Crippen LogP contribution >= 0.6 is 0 Å². The lowest BCUT2D eigenvalue weighted by Gasteiger charge is -2.11. The van der Waals surface area contributed by atoms with Crippen LogP contribution in [-0.2, 0) is 23.6 Å². The molecule has 0 aromatic carbocycles. The highest BCUT2D eigenvalue weighted by molar-refractivity contribution is 7.81. The van der Waals surface area contributed by atoms with Crippen LogP contribution in [0.15, 0.2) is 12.7 Å². The fourth-order valence-corrected chi connectivity index (χ4v) is 1.04. The zero-order valence-corrected chi connectivity index (χ0v) is 8.83. The maximum Gasteiger partial charge on any atom is 0.399 e. The monoisotopic (exact) mass is 223 g/mol. The summed E-state index contributed by atoms with van der Waals surface area (Å²) in [6, 6.07) is -0.439. The Labute approximate surface area is 83.2 Å². The van der Waals surface area contributed by atoms with Crippen molar-refractivity contribution in [3.8, 4) is 0 Å². The van der Waals surface area contributed by atoms with Crippen LogP contribution in [-0.4, -0.2) is 34.1 Å². The van der Waals surface area contributed by atoms with Gasteiger partial charge in [0.2, 0.25) is 5.91 Å². The summed E-state index contributed by atoms with van der Waals surface area (Å²) in [6.07, 6.45) is 1.08. The highest BCUT2D eigenvalue weighted by Gasteiger charge is 2.12. The summed E-state index contributed by atoms with van der Waals surface area (Å²) in [5, 5.41) is 2.42. The number of nitrogens with one attached hydrogen (secondary N) is 1. The number of carbonyl (C=O) groups excluding carboxylic acids is 1. The molecule has 0 aliphatic heterocycles. The van der Waals surface area contributed by atoms with E-state index in [1.807, 2.05) is 0 Å². The first-order valence-electron chi connectivity index (χ1n) is 3.79. The zero-order valence-electron chi connectivity index (χ0n) is 8.02. The molecule has 1 unspecified atom stereocenters. The summed E-state index contributed by atoms with van der Waals surface area (Å²) >= 11 is 0. The van der Waals surface area contributed by atoms with Gasteiger partial charge in [0, 0.05) is 0 Å². The summed E-state index contributed by atoms with van der Waals surface area (Å²) in [4.78, 5) is 10.8. The standard InChI is InChI=1S/C7H13NO5S/c1-4-7(9)8-6(2)5-13-14(10,11)12-3/h4,6H,1,5H2,2-3H3,(H,8,9). The molecule has 1 amide bonds. The van der Waals surface area contributed by atoms with Crippen molar-refractivity contribution in [1.29, 1.82) is 0 Å². The Morgan fingerprint density at radius 3 is 2.64 bits per heavy atom. The molecule has 0 heterocycles. The number of hydrogen-bond acceptors (Lipinski definition) is 5. The third-order valence-electron chi connectivity index (χ3n) is 1.24. The van der Waals surface area contributed by atoms with Gasteiger partial charge in [-0.3, -0.25) is 8.98 Å². The first-order chi connectivity index (χ1) is 6.41. The van der Waals surface area contributed by atoms with Crippen LogP contribution in [0.5, 0.6) is 0 Å². The first kappa shape index (κ1) is 13.1. The molecule has 0 rings (SSSR count). The van der Waals surface area contributed by atoms with Gasteiger partial charge >= 0.3 is 10.4 Å². The maximum absolute atomic E-state index is 10.8. The maximum atomic E-state index is 10.8. The molecule has 0 aliphatic carbocycles. The lowest BCUT2D eigenvalue weighted by molar-refractivity contribution is -0.117. The molecule has 0 spiro atoms. The van der Waals surface area contributed by atoms with Crippen LogP contribution in [0.1, 0.15) is 6.92 Å². The van der Waals surface area contributed by atoms with E-state index in [2.05, 4.69) is 20.3 Å². The van der Waals surface area contributed by atoms with E-state index in [0.29, 0.717) is 0 Å². The number of carbonyl (C=O) groups is 1. The minimum Gasteiger partial charge on any atom is -0.348 e. The average molecular weight is 223 g/mol. The van der Waals surface area contributed by atoms with E-state index in [1.165, 1.54) is 0 Å². The van der Waals surface area contributed by atoms with Gasteiger partial charge in [-0.2, -0.15) is 8.42 Å². The van der Waals surface area contributed by atoms with Gasteiger partial charge in [-0.15, -0.1) is 0 Å². The Balaban J connectivity index is 3.91. The predicted molar refractivity (Wildman–Crippen MR) is 49.7 cm³/mol. The van der Waals surface area contributed by atoms with E-state index in [-0.39, 0.29) is 6.61 Å². The molecule has 0 fully saturated rings. The second-order valence-corrected chi connectivity index (χ2v) is 3.86. The summed E-state index contributed by atoms with van der Waals surface area (Å²) in [5.74, 6) is -0.393. The van der Waals surface area contributed by atoms with Crippen LogP contribution in [0.3, 0.4) is 0 Å². The van der Waals surface area contributed by atoms with Crippen molar-refractivity contribution >= 4 is 16.3 Å². The summed E-state index contributed by atoms with van der Waals surface area (Å²) in [7, 11) is -2.95. The fourth-order valence-electron chi connectivity index (χ4n) is 0.577. The van der Waals surface area contributed by atoms with Crippen molar-refractivity contribution < 1.29 is 21.6 Å². The smallest absolute Gasteiger partial charge is 0.348 e. The molecule has 14 heavy (non-hydrogen) atoms. The number of hydrogen-bond donors (Lipinski definition) is 1. The molecular formula is C7H13NO5S. The zero-order chi connectivity index (χ0) is 11.2. The van der Waals surface area contributed by atoms with Crippen LogP contribution in [0.4, 0.5) is 0 Å². The van der Waals surface area contributed by atoms with Gasteiger partial charge in [0.1, 0.15) is 0 Å². The Morgan fingerprint density at radius 1 is 1.64 bits per heavy atom. The third kappa shape index (κ3) is 5.68.